The molecule has 0 radical (unpaired) electrons. The average Bonchev–Trinajstić information content (AvgIpc) is 2.28. The fourth-order valence-electron chi connectivity index (χ4n) is 1.18. The first-order valence-corrected chi connectivity index (χ1v) is 7.79. The van der Waals surface area contributed by atoms with Crippen LogP contribution >= 0.6 is 35.1 Å². The molecule has 7 heteroatoms. The van der Waals surface area contributed by atoms with E-state index in [0.29, 0.717) is 11.8 Å². The van der Waals surface area contributed by atoms with E-state index in [2.05, 4.69) is 10.6 Å². The molecular formula is C9H15ClN2O2S2. The molecule has 0 spiro atoms. The van der Waals surface area contributed by atoms with Crippen LogP contribution in [-0.2, 0) is 4.79 Å². The summed E-state index contributed by atoms with van der Waals surface area (Å²) in [6.07, 6.45) is 0.170. The number of carbonyl (C=O) groups is 2. The quantitative estimate of drug-likeness (QED) is 0.763. The Bertz CT molecular complexity index is 248. The van der Waals surface area contributed by atoms with Crippen molar-refractivity contribution in [2.75, 3.05) is 29.7 Å². The van der Waals surface area contributed by atoms with Crippen LogP contribution < -0.4 is 10.6 Å². The Hall–Kier alpha value is -0.0700. The van der Waals surface area contributed by atoms with Gasteiger partial charge in [0.15, 0.2) is 0 Å². The highest BCUT2D eigenvalue weighted by Crippen LogP contribution is 2.23. The molecule has 0 aromatic rings. The van der Waals surface area contributed by atoms with Gasteiger partial charge in [-0.25, -0.2) is 4.79 Å². The molecule has 0 aliphatic carbocycles. The van der Waals surface area contributed by atoms with Crippen LogP contribution in [0.4, 0.5) is 4.79 Å². The Kier molecular flexibility index (Phi) is 7.07. The Morgan fingerprint density at radius 1 is 1.38 bits per heavy atom. The van der Waals surface area contributed by atoms with E-state index in [9.17, 15) is 9.59 Å². The third kappa shape index (κ3) is 5.86. The minimum atomic E-state index is -0.425. The third-order valence-electron chi connectivity index (χ3n) is 1.95. The van der Waals surface area contributed by atoms with Gasteiger partial charge in [-0.05, 0) is 0 Å². The number of alkyl halides is 1. The van der Waals surface area contributed by atoms with Gasteiger partial charge in [-0.1, -0.05) is 0 Å². The summed E-state index contributed by atoms with van der Waals surface area (Å²) in [5, 5.41) is 5.38. The summed E-state index contributed by atoms with van der Waals surface area (Å²) in [4.78, 5) is 22.3. The molecule has 0 saturated carbocycles. The van der Waals surface area contributed by atoms with Crippen molar-refractivity contribution < 1.29 is 9.59 Å². The van der Waals surface area contributed by atoms with Crippen molar-refractivity contribution in [3.63, 3.8) is 0 Å². The molecule has 1 aliphatic rings. The first kappa shape index (κ1) is 14.0. The molecule has 0 bridgehead atoms. The summed E-state index contributed by atoms with van der Waals surface area (Å²) < 4.78 is 0. The normalized spacial score (nSPS) is 20.2. The number of hydrogen-bond donors (Lipinski definition) is 2. The summed E-state index contributed by atoms with van der Waals surface area (Å²) in [6, 6.07) is -0.425. The molecule has 1 fully saturated rings. The van der Waals surface area contributed by atoms with Gasteiger partial charge in [0, 0.05) is 41.4 Å². The number of imide groups is 1. The van der Waals surface area contributed by atoms with Gasteiger partial charge in [-0.2, -0.15) is 23.5 Å². The molecule has 92 valence electrons. The molecule has 2 N–H and O–H groups in total. The van der Waals surface area contributed by atoms with Crippen LogP contribution in [0.15, 0.2) is 0 Å². The van der Waals surface area contributed by atoms with E-state index in [1.807, 2.05) is 23.5 Å². The van der Waals surface area contributed by atoms with Crippen molar-refractivity contribution in [2.45, 2.75) is 11.7 Å². The second kappa shape index (κ2) is 8.08. The average molecular weight is 283 g/mol. The van der Waals surface area contributed by atoms with E-state index in [4.69, 9.17) is 11.6 Å². The van der Waals surface area contributed by atoms with Crippen molar-refractivity contribution in [3.8, 4) is 0 Å². The van der Waals surface area contributed by atoms with Crippen molar-refractivity contribution >= 4 is 47.1 Å². The van der Waals surface area contributed by atoms with Gasteiger partial charge in [-0.15, -0.1) is 11.6 Å². The molecule has 16 heavy (non-hydrogen) atoms. The fraction of sp³-hybridized carbons (Fsp3) is 0.778. The van der Waals surface area contributed by atoms with Crippen molar-refractivity contribution in [2.24, 2.45) is 0 Å². The van der Waals surface area contributed by atoms with Crippen LogP contribution in [0.25, 0.3) is 0 Å². The van der Waals surface area contributed by atoms with Crippen LogP contribution in [-0.4, -0.2) is 46.9 Å². The summed E-state index contributed by atoms with van der Waals surface area (Å²) in [6.45, 7) is 0.609. The highest BCUT2D eigenvalue weighted by Gasteiger charge is 2.15. The topological polar surface area (TPSA) is 58.2 Å². The second-order valence-electron chi connectivity index (χ2n) is 3.26. The lowest BCUT2D eigenvalue weighted by Crippen LogP contribution is -2.42. The van der Waals surface area contributed by atoms with Gasteiger partial charge in [0.25, 0.3) is 0 Å². The standard InChI is InChI=1S/C9H15ClN2O2S2/c10-2-1-8(13)12-9(14)11-5-7-6-15-3-4-16-7/h7H,1-6H2,(H2,11,12,13,14). The highest BCUT2D eigenvalue weighted by atomic mass is 35.5. The van der Waals surface area contributed by atoms with Crippen molar-refractivity contribution in [1.29, 1.82) is 0 Å². The van der Waals surface area contributed by atoms with Gasteiger partial charge in [0.1, 0.15) is 0 Å². The predicted octanol–water partition coefficient (Wildman–Crippen LogP) is 1.29. The van der Waals surface area contributed by atoms with E-state index < -0.39 is 6.03 Å². The number of amides is 3. The molecule has 1 atom stereocenters. The summed E-state index contributed by atoms with van der Waals surface area (Å²) in [7, 11) is 0. The van der Waals surface area contributed by atoms with E-state index in [0.717, 1.165) is 11.5 Å². The van der Waals surface area contributed by atoms with Crippen molar-refractivity contribution in [1.82, 2.24) is 10.6 Å². The number of carbonyl (C=O) groups excluding carboxylic acids is 2. The molecule has 3 amide bonds. The predicted molar refractivity (Wildman–Crippen MR) is 70.4 cm³/mol. The Morgan fingerprint density at radius 3 is 2.81 bits per heavy atom. The lowest BCUT2D eigenvalue weighted by atomic mass is 10.4. The third-order valence-corrected chi connectivity index (χ3v) is 4.98. The number of hydrogen-bond acceptors (Lipinski definition) is 4. The molecule has 1 aliphatic heterocycles. The molecule has 1 rings (SSSR count). The first-order valence-electron chi connectivity index (χ1n) is 5.05. The number of thioether (sulfide) groups is 2. The van der Waals surface area contributed by atoms with Crippen LogP contribution in [0.5, 0.6) is 0 Å². The first-order chi connectivity index (χ1) is 7.72. The summed E-state index contributed by atoms with van der Waals surface area (Å²) in [5.41, 5.74) is 0. The number of rotatable bonds is 4. The molecule has 1 unspecified atom stereocenters. The lowest BCUT2D eigenvalue weighted by molar-refractivity contribution is -0.119. The number of halogens is 1. The van der Waals surface area contributed by atoms with E-state index in [1.54, 1.807) is 0 Å². The molecule has 1 saturated heterocycles. The number of urea groups is 1. The van der Waals surface area contributed by atoms with E-state index in [-0.39, 0.29) is 18.2 Å². The molecule has 1 heterocycles. The monoisotopic (exact) mass is 282 g/mol. The second-order valence-corrected chi connectivity index (χ2v) is 6.20. The molecule has 0 aromatic carbocycles. The van der Waals surface area contributed by atoms with Crippen LogP contribution in [0.1, 0.15) is 6.42 Å². The van der Waals surface area contributed by atoms with E-state index >= 15 is 0 Å². The van der Waals surface area contributed by atoms with Crippen LogP contribution in [0, 0.1) is 0 Å². The maximum absolute atomic E-state index is 11.3. The summed E-state index contributed by atoms with van der Waals surface area (Å²) >= 11 is 9.14. The zero-order valence-electron chi connectivity index (χ0n) is 8.83. The number of nitrogens with one attached hydrogen (secondary N) is 2. The van der Waals surface area contributed by atoms with Crippen molar-refractivity contribution in [3.05, 3.63) is 0 Å². The summed E-state index contributed by atoms with van der Waals surface area (Å²) in [5.74, 6) is 3.26. The van der Waals surface area contributed by atoms with E-state index in [1.165, 1.54) is 5.75 Å². The SMILES string of the molecule is O=C(CCCl)NC(=O)NCC1CSCCS1. The maximum atomic E-state index is 11.3. The fourth-order valence-corrected chi connectivity index (χ4v) is 3.96. The van der Waals surface area contributed by atoms with Gasteiger partial charge < -0.3 is 5.32 Å². The van der Waals surface area contributed by atoms with Gasteiger partial charge in [0.2, 0.25) is 5.91 Å². The van der Waals surface area contributed by atoms with Gasteiger partial charge in [0.05, 0.1) is 0 Å². The van der Waals surface area contributed by atoms with Gasteiger partial charge in [-0.3, -0.25) is 10.1 Å². The van der Waals surface area contributed by atoms with Crippen LogP contribution in [0.2, 0.25) is 0 Å². The Balaban J connectivity index is 2.11. The zero-order chi connectivity index (χ0) is 11.8. The smallest absolute Gasteiger partial charge is 0.321 e. The van der Waals surface area contributed by atoms with Crippen LogP contribution in [0.3, 0.4) is 0 Å². The van der Waals surface area contributed by atoms with Gasteiger partial charge >= 0.3 is 6.03 Å². The maximum Gasteiger partial charge on any atom is 0.321 e. The molecular weight excluding hydrogens is 268 g/mol. The molecule has 4 nitrogen and oxygen atoms in total. The largest absolute Gasteiger partial charge is 0.337 e. The molecule has 0 aromatic heterocycles. The minimum absolute atomic E-state index is 0.170. The Labute approximate surface area is 109 Å². The minimum Gasteiger partial charge on any atom is -0.337 e. The Morgan fingerprint density at radius 2 is 2.19 bits per heavy atom. The lowest BCUT2D eigenvalue weighted by Gasteiger charge is -2.20. The zero-order valence-corrected chi connectivity index (χ0v) is 11.2. The highest BCUT2D eigenvalue weighted by molar-refractivity contribution is 8.06.